The number of rotatable bonds is 6. The SMILES string of the molecule is CC(=O)N(CCCc1nc2nc(F)ccc2[nH]1)Cc1cc(Cl)cc(Cl)c1. The molecular formula is C18H17Cl2FN4O. The molecule has 8 heteroatoms. The molecule has 0 spiro atoms. The van der Waals surface area contributed by atoms with E-state index < -0.39 is 5.95 Å². The number of aromatic nitrogens is 3. The van der Waals surface area contributed by atoms with E-state index in [1.807, 2.05) is 0 Å². The molecule has 1 amide bonds. The zero-order chi connectivity index (χ0) is 18.7. The van der Waals surface area contributed by atoms with Crippen molar-refractivity contribution in [2.75, 3.05) is 6.54 Å². The molecule has 1 aromatic carbocycles. The van der Waals surface area contributed by atoms with Crippen molar-refractivity contribution in [2.24, 2.45) is 0 Å². The van der Waals surface area contributed by atoms with E-state index in [-0.39, 0.29) is 5.91 Å². The van der Waals surface area contributed by atoms with Crippen molar-refractivity contribution in [2.45, 2.75) is 26.3 Å². The predicted octanol–water partition coefficient (Wildman–Crippen LogP) is 4.39. The van der Waals surface area contributed by atoms with E-state index in [1.165, 1.54) is 13.0 Å². The number of hydrogen-bond acceptors (Lipinski definition) is 3. The van der Waals surface area contributed by atoms with Gasteiger partial charge < -0.3 is 9.88 Å². The van der Waals surface area contributed by atoms with E-state index in [0.29, 0.717) is 53.0 Å². The summed E-state index contributed by atoms with van der Waals surface area (Å²) in [6, 6.07) is 8.14. The molecule has 0 unspecified atom stereocenters. The van der Waals surface area contributed by atoms with Gasteiger partial charge in [-0.25, -0.2) is 4.98 Å². The quantitative estimate of drug-likeness (QED) is 0.630. The summed E-state index contributed by atoms with van der Waals surface area (Å²) in [5.41, 5.74) is 1.93. The Balaban J connectivity index is 1.62. The van der Waals surface area contributed by atoms with Crippen molar-refractivity contribution in [1.82, 2.24) is 19.9 Å². The van der Waals surface area contributed by atoms with Crippen LogP contribution in [-0.2, 0) is 17.8 Å². The molecule has 136 valence electrons. The molecule has 26 heavy (non-hydrogen) atoms. The zero-order valence-electron chi connectivity index (χ0n) is 14.1. The highest BCUT2D eigenvalue weighted by atomic mass is 35.5. The number of pyridine rings is 1. The lowest BCUT2D eigenvalue weighted by Crippen LogP contribution is -2.29. The van der Waals surface area contributed by atoms with Gasteiger partial charge in [-0.15, -0.1) is 0 Å². The molecule has 0 aliphatic heterocycles. The average molecular weight is 395 g/mol. The summed E-state index contributed by atoms with van der Waals surface area (Å²) in [4.78, 5) is 24.8. The Bertz CT molecular complexity index is 924. The second kappa shape index (κ2) is 8.01. The van der Waals surface area contributed by atoms with Crippen molar-refractivity contribution in [1.29, 1.82) is 0 Å². The smallest absolute Gasteiger partial charge is 0.219 e. The fourth-order valence-electron chi connectivity index (χ4n) is 2.75. The van der Waals surface area contributed by atoms with Crippen LogP contribution < -0.4 is 0 Å². The molecule has 3 aromatic rings. The van der Waals surface area contributed by atoms with Gasteiger partial charge in [0.25, 0.3) is 0 Å². The van der Waals surface area contributed by atoms with Gasteiger partial charge in [0.15, 0.2) is 5.65 Å². The Morgan fingerprint density at radius 2 is 1.92 bits per heavy atom. The Morgan fingerprint density at radius 1 is 1.19 bits per heavy atom. The van der Waals surface area contributed by atoms with Gasteiger partial charge >= 0.3 is 0 Å². The lowest BCUT2D eigenvalue weighted by atomic mass is 10.2. The van der Waals surface area contributed by atoms with Crippen LogP contribution in [0.2, 0.25) is 10.0 Å². The number of nitrogens with zero attached hydrogens (tertiary/aromatic N) is 3. The third-order valence-electron chi connectivity index (χ3n) is 3.94. The number of carbonyl (C=O) groups is 1. The number of amides is 1. The first-order chi connectivity index (χ1) is 12.4. The Morgan fingerprint density at radius 3 is 2.62 bits per heavy atom. The molecule has 0 fully saturated rings. The highest BCUT2D eigenvalue weighted by molar-refractivity contribution is 6.34. The summed E-state index contributed by atoms with van der Waals surface area (Å²) >= 11 is 12.0. The number of imidazole rings is 1. The normalized spacial score (nSPS) is 11.1. The van der Waals surface area contributed by atoms with Crippen LogP contribution in [0.3, 0.4) is 0 Å². The first-order valence-electron chi connectivity index (χ1n) is 8.12. The van der Waals surface area contributed by atoms with Gasteiger partial charge in [-0.05, 0) is 42.3 Å². The maximum atomic E-state index is 13.1. The van der Waals surface area contributed by atoms with Crippen LogP contribution in [0.4, 0.5) is 4.39 Å². The number of halogens is 3. The second-order valence-electron chi connectivity index (χ2n) is 6.01. The van der Waals surface area contributed by atoms with Crippen molar-refractivity contribution in [3.63, 3.8) is 0 Å². The molecule has 0 radical (unpaired) electrons. The molecule has 0 aliphatic rings. The molecule has 0 saturated heterocycles. The maximum absolute atomic E-state index is 13.1. The zero-order valence-corrected chi connectivity index (χ0v) is 15.6. The fraction of sp³-hybridized carbons (Fsp3) is 0.278. The number of nitrogens with one attached hydrogen (secondary N) is 1. The van der Waals surface area contributed by atoms with Gasteiger partial charge in [-0.3, -0.25) is 4.79 Å². The van der Waals surface area contributed by atoms with Crippen molar-refractivity contribution in [3.8, 4) is 0 Å². The first-order valence-corrected chi connectivity index (χ1v) is 8.88. The average Bonchev–Trinajstić information content (AvgIpc) is 2.94. The third-order valence-corrected chi connectivity index (χ3v) is 4.38. The number of aromatic amines is 1. The Kier molecular flexibility index (Phi) is 5.74. The molecule has 0 atom stereocenters. The van der Waals surface area contributed by atoms with Gasteiger partial charge in [0.2, 0.25) is 11.9 Å². The molecule has 3 rings (SSSR count). The predicted molar refractivity (Wildman–Crippen MR) is 99.7 cm³/mol. The minimum absolute atomic E-state index is 0.0329. The van der Waals surface area contributed by atoms with E-state index >= 15 is 0 Å². The van der Waals surface area contributed by atoms with Crippen LogP contribution in [0.25, 0.3) is 11.2 Å². The molecule has 5 nitrogen and oxygen atoms in total. The summed E-state index contributed by atoms with van der Waals surface area (Å²) < 4.78 is 13.1. The summed E-state index contributed by atoms with van der Waals surface area (Å²) in [5, 5.41) is 1.08. The third kappa shape index (κ3) is 4.71. The lowest BCUT2D eigenvalue weighted by molar-refractivity contribution is -0.129. The second-order valence-corrected chi connectivity index (χ2v) is 6.88. The summed E-state index contributed by atoms with van der Waals surface area (Å²) in [6.45, 7) is 2.51. The van der Waals surface area contributed by atoms with E-state index in [0.717, 1.165) is 5.56 Å². The van der Waals surface area contributed by atoms with Gasteiger partial charge in [0.05, 0.1) is 5.52 Å². The molecule has 2 aromatic heterocycles. The maximum Gasteiger partial charge on any atom is 0.219 e. The van der Waals surface area contributed by atoms with Gasteiger partial charge in [-0.1, -0.05) is 23.2 Å². The Hall–Kier alpha value is -2.18. The van der Waals surface area contributed by atoms with Crippen LogP contribution in [-0.4, -0.2) is 32.3 Å². The molecule has 1 N–H and O–H groups in total. The number of benzene rings is 1. The highest BCUT2D eigenvalue weighted by Gasteiger charge is 2.12. The first kappa shape index (κ1) is 18.6. The van der Waals surface area contributed by atoms with Crippen LogP contribution in [0.1, 0.15) is 24.7 Å². The van der Waals surface area contributed by atoms with Crippen LogP contribution in [0.5, 0.6) is 0 Å². The molecule has 0 aliphatic carbocycles. The van der Waals surface area contributed by atoms with E-state index in [4.69, 9.17) is 23.2 Å². The van der Waals surface area contributed by atoms with Crippen molar-refractivity contribution >= 4 is 40.3 Å². The number of carbonyl (C=O) groups excluding carboxylic acids is 1. The number of H-pyrrole nitrogens is 1. The lowest BCUT2D eigenvalue weighted by Gasteiger charge is -2.21. The topological polar surface area (TPSA) is 61.9 Å². The fourth-order valence-corrected chi connectivity index (χ4v) is 3.32. The Labute approximate surface area is 160 Å². The standard InChI is InChI=1S/C18H17Cl2FN4O/c1-11(26)25(10-12-7-13(19)9-14(20)8-12)6-2-3-17-22-15-4-5-16(21)23-18(15)24-17/h4-5,7-9H,2-3,6,10H2,1H3,(H,22,23,24). The van der Waals surface area contributed by atoms with E-state index in [2.05, 4.69) is 15.0 Å². The van der Waals surface area contributed by atoms with E-state index in [9.17, 15) is 9.18 Å². The van der Waals surface area contributed by atoms with Crippen LogP contribution in [0.15, 0.2) is 30.3 Å². The summed E-state index contributed by atoms with van der Waals surface area (Å²) in [7, 11) is 0. The monoisotopic (exact) mass is 394 g/mol. The summed E-state index contributed by atoms with van der Waals surface area (Å²) in [5.74, 6) is 0.125. The molecule has 0 saturated carbocycles. The minimum Gasteiger partial charge on any atom is -0.341 e. The molecule has 2 heterocycles. The molecule has 0 bridgehead atoms. The minimum atomic E-state index is -0.557. The van der Waals surface area contributed by atoms with Crippen LogP contribution in [0, 0.1) is 5.95 Å². The number of aryl methyl sites for hydroxylation is 1. The van der Waals surface area contributed by atoms with Gasteiger partial charge in [0.1, 0.15) is 5.82 Å². The van der Waals surface area contributed by atoms with Gasteiger partial charge in [0, 0.05) is 36.5 Å². The summed E-state index contributed by atoms with van der Waals surface area (Å²) in [6.07, 6.45) is 1.33. The van der Waals surface area contributed by atoms with Gasteiger partial charge in [-0.2, -0.15) is 9.37 Å². The van der Waals surface area contributed by atoms with Crippen molar-refractivity contribution < 1.29 is 9.18 Å². The largest absolute Gasteiger partial charge is 0.341 e. The highest BCUT2D eigenvalue weighted by Crippen LogP contribution is 2.20. The van der Waals surface area contributed by atoms with Crippen molar-refractivity contribution in [3.05, 3.63) is 57.7 Å². The van der Waals surface area contributed by atoms with E-state index in [1.54, 1.807) is 29.2 Å². The molecular weight excluding hydrogens is 378 g/mol. The van der Waals surface area contributed by atoms with Crippen LogP contribution >= 0.6 is 23.2 Å². The number of fused-ring (bicyclic) bond motifs is 1. The number of hydrogen-bond donors (Lipinski definition) is 1.